The Morgan fingerprint density at radius 1 is 0.931 bits per heavy atom. The third-order valence-corrected chi connectivity index (χ3v) is 5.87. The number of ether oxygens (including phenoxy) is 1. The van der Waals surface area contributed by atoms with E-state index >= 15 is 0 Å². The molecule has 2 aromatic rings. The first-order chi connectivity index (χ1) is 14.0. The van der Waals surface area contributed by atoms with Crippen molar-refractivity contribution < 1.29 is 17.9 Å². The number of rotatable bonds is 5. The molecule has 0 N–H and O–H groups in total. The fraction of sp³-hybridized carbons (Fsp3) is 0.417. The van der Waals surface area contributed by atoms with Gasteiger partial charge >= 0.3 is 6.18 Å². The molecular weight excluding hydrogens is 375 g/mol. The second kappa shape index (κ2) is 8.62. The standard InChI is InChI=1S/C24H26F3NO/c25-24(26,27)21-10-6-19(7-11-21)17-29-22-12-8-18(9-13-22)16-20-4-1-2-5-23(20)28-14-3-15-28/h6-13,16,23H,1-5,14-15,17H2. The number of benzene rings is 2. The van der Waals surface area contributed by atoms with Gasteiger partial charge in [-0.05, 0) is 74.2 Å². The SMILES string of the molecule is FC(F)(F)c1ccc(COc2ccc(C=C3CCCCC3N3CCC3)cc2)cc1. The van der Waals surface area contributed by atoms with Crippen molar-refractivity contribution in [1.82, 2.24) is 4.90 Å². The first-order valence-corrected chi connectivity index (χ1v) is 10.3. The number of hydrogen-bond acceptors (Lipinski definition) is 2. The Morgan fingerprint density at radius 2 is 1.66 bits per heavy atom. The molecule has 0 bridgehead atoms. The summed E-state index contributed by atoms with van der Waals surface area (Å²) in [5.41, 5.74) is 2.78. The van der Waals surface area contributed by atoms with Crippen LogP contribution in [0.15, 0.2) is 54.1 Å². The molecule has 0 radical (unpaired) electrons. The minimum Gasteiger partial charge on any atom is -0.489 e. The van der Waals surface area contributed by atoms with Crippen LogP contribution in [-0.2, 0) is 12.8 Å². The number of likely N-dealkylation sites (tertiary alicyclic amines) is 1. The molecule has 1 saturated carbocycles. The second-order valence-corrected chi connectivity index (χ2v) is 7.92. The van der Waals surface area contributed by atoms with Gasteiger partial charge in [-0.3, -0.25) is 4.90 Å². The average Bonchev–Trinajstić information content (AvgIpc) is 2.67. The van der Waals surface area contributed by atoms with Gasteiger partial charge in [0.05, 0.1) is 5.56 Å². The Hall–Kier alpha value is -2.27. The molecule has 0 amide bonds. The van der Waals surface area contributed by atoms with E-state index in [-0.39, 0.29) is 6.61 Å². The molecule has 1 heterocycles. The van der Waals surface area contributed by atoms with E-state index in [2.05, 4.69) is 23.1 Å². The van der Waals surface area contributed by atoms with E-state index in [1.54, 1.807) is 0 Å². The highest BCUT2D eigenvalue weighted by Crippen LogP contribution is 2.32. The topological polar surface area (TPSA) is 12.5 Å². The van der Waals surface area contributed by atoms with Crippen LogP contribution in [0.5, 0.6) is 5.75 Å². The van der Waals surface area contributed by atoms with Crippen LogP contribution in [0.25, 0.3) is 6.08 Å². The van der Waals surface area contributed by atoms with Crippen LogP contribution in [-0.4, -0.2) is 24.0 Å². The van der Waals surface area contributed by atoms with Crippen molar-refractivity contribution in [3.63, 3.8) is 0 Å². The molecule has 2 fully saturated rings. The summed E-state index contributed by atoms with van der Waals surface area (Å²) in [7, 11) is 0. The van der Waals surface area contributed by atoms with Crippen molar-refractivity contribution in [2.75, 3.05) is 13.1 Å². The normalized spacial score (nSPS) is 21.8. The smallest absolute Gasteiger partial charge is 0.416 e. The Balaban J connectivity index is 1.36. The van der Waals surface area contributed by atoms with Gasteiger partial charge in [-0.25, -0.2) is 0 Å². The molecule has 4 rings (SSSR count). The molecular formula is C24H26F3NO. The van der Waals surface area contributed by atoms with Crippen molar-refractivity contribution in [3.8, 4) is 5.75 Å². The molecule has 5 heteroatoms. The second-order valence-electron chi connectivity index (χ2n) is 7.92. The molecule has 0 aromatic heterocycles. The average molecular weight is 401 g/mol. The minimum absolute atomic E-state index is 0.246. The van der Waals surface area contributed by atoms with Gasteiger partial charge in [-0.2, -0.15) is 13.2 Å². The summed E-state index contributed by atoms with van der Waals surface area (Å²) in [4.78, 5) is 2.59. The lowest BCUT2D eigenvalue weighted by atomic mass is 9.86. The highest BCUT2D eigenvalue weighted by atomic mass is 19.4. The monoisotopic (exact) mass is 401 g/mol. The van der Waals surface area contributed by atoms with E-state index in [1.807, 2.05) is 12.1 Å². The highest BCUT2D eigenvalue weighted by Gasteiger charge is 2.30. The molecule has 2 nitrogen and oxygen atoms in total. The summed E-state index contributed by atoms with van der Waals surface area (Å²) in [6.07, 6.45) is 4.35. The van der Waals surface area contributed by atoms with E-state index < -0.39 is 11.7 Å². The van der Waals surface area contributed by atoms with Crippen molar-refractivity contribution in [2.24, 2.45) is 0 Å². The van der Waals surface area contributed by atoms with Crippen LogP contribution in [0.3, 0.4) is 0 Å². The minimum atomic E-state index is -4.31. The zero-order valence-electron chi connectivity index (χ0n) is 16.4. The fourth-order valence-corrected chi connectivity index (χ4v) is 4.09. The Bertz CT molecular complexity index is 836. The fourth-order valence-electron chi connectivity index (χ4n) is 4.09. The maximum atomic E-state index is 12.6. The Morgan fingerprint density at radius 3 is 2.28 bits per heavy atom. The third-order valence-electron chi connectivity index (χ3n) is 5.87. The van der Waals surface area contributed by atoms with Crippen LogP contribution >= 0.6 is 0 Å². The summed E-state index contributed by atoms with van der Waals surface area (Å²) in [6.45, 7) is 2.69. The predicted octanol–water partition coefficient (Wildman–Crippen LogP) is 6.32. The van der Waals surface area contributed by atoms with Crippen molar-refractivity contribution >= 4 is 6.08 Å². The summed E-state index contributed by atoms with van der Waals surface area (Å²) in [5, 5.41) is 0. The first kappa shape index (κ1) is 20.0. The van der Waals surface area contributed by atoms with Gasteiger partial charge in [0.1, 0.15) is 12.4 Å². The molecule has 1 unspecified atom stereocenters. The Labute approximate surface area is 170 Å². The number of halogens is 3. The first-order valence-electron chi connectivity index (χ1n) is 10.3. The quantitative estimate of drug-likeness (QED) is 0.582. The number of nitrogens with zero attached hydrogens (tertiary/aromatic N) is 1. The van der Waals surface area contributed by atoms with Crippen molar-refractivity contribution in [3.05, 3.63) is 70.8 Å². The van der Waals surface area contributed by atoms with Crippen LogP contribution < -0.4 is 4.74 Å². The molecule has 1 aliphatic carbocycles. The van der Waals surface area contributed by atoms with E-state index in [9.17, 15) is 13.2 Å². The van der Waals surface area contributed by atoms with E-state index in [0.29, 0.717) is 11.6 Å². The molecule has 2 aliphatic rings. The lowest BCUT2D eigenvalue weighted by Gasteiger charge is -2.42. The van der Waals surface area contributed by atoms with Gasteiger partial charge < -0.3 is 4.74 Å². The molecule has 0 spiro atoms. The molecule has 1 aliphatic heterocycles. The predicted molar refractivity (Wildman–Crippen MR) is 109 cm³/mol. The zero-order valence-corrected chi connectivity index (χ0v) is 16.4. The number of alkyl halides is 3. The summed E-state index contributed by atoms with van der Waals surface area (Å²) in [6, 6.07) is 13.7. The summed E-state index contributed by atoms with van der Waals surface area (Å²) >= 11 is 0. The van der Waals surface area contributed by atoms with Crippen molar-refractivity contribution in [1.29, 1.82) is 0 Å². The van der Waals surface area contributed by atoms with Gasteiger partial charge in [0, 0.05) is 6.04 Å². The summed E-state index contributed by atoms with van der Waals surface area (Å²) in [5.74, 6) is 0.718. The molecule has 1 atom stereocenters. The van der Waals surface area contributed by atoms with Gasteiger partial charge in [-0.1, -0.05) is 42.3 Å². The van der Waals surface area contributed by atoms with Gasteiger partial charge in [0.2, 0.25) is 0 Å². The van der Waals surface area contributed by atoms with Gasteiger partial charge in [0.25, 0.3) is 0 Å². The van der Waals surface area contributed by atoms with E-state index in [1.165, 1.54) is 68.5 Å². The number of hydrogen-bond donors (Lipinski definition) is 0. The molecule has 1 saturated heterocycles. The van der Waals surface area contributed by atoms with Crippen LogP contribution in [0.1, 0.15) is 48.8 Å². The van der Waals surface area contributed by atoms with Crippen LogP contribution in [0, 0.1) is 0 Å². The van der Waals surface area contributed by atoms with Gasteiger partial charge in [0.15, 0.2) is 0 Å². The maximum Gasteiger partial charge on any atom is 0.416 e. The maximum absolute atomic E-state index is 12.6. The molecule has 154 valence electrons. The van der Waals surface area contributed by atoms with Crippen molar-refractivity contribution in [2.45, 2.75) is 50.9 Å². The largest absolute Gasteiger partial charge is 0.489 e. The van der Waals surface area contributed by atoms with E-state index in [4.69, 9.17) is 4.74 Å². The Kier molecular flexibility index (Phi) is 5.95. The molecule has 29 heavy (non-hydrogen) atoms. The zero-order chi connectivity index (χ0) is 20.3. The lowest BCUT2D eigenvalue weighted by Crippen LogP contribution is -2.46. The highest BCUT2D eigenvalue weighted by molar-refractivity contribution is 5.55. The van der Waals surface area contributed by atoms with Gasteiger partial charge in [-0.15, -0.1) is 0 Å². The summed E-state index contributed by atoms with van der Waals surface area (Å²) < 4.78 is 43.6. The van der Waals surface area contributed by atoms with E-state index in [0.717, 1.165) is 17.9 Å². The lowest BCUT2D eigenvalue weighted by molar-refractivity contribution is -0.137. The third kappa shape index (κ3) is 5.02. The van der Waals surface area contributed by atoms with Crippen LogP contribution in [0.4, 0.5) is 13.2 Å². The van der Waals surface area contributed by atoms with Crippen LogP contribution in [0.2, 0.25) is 0 Å². The molecule has 2 aromatic carbocycles.